The van der Waals surface area contributed by atoms with Gasteiger partial charge in [0.25, 0.3) is 5.91 Å². The average Bonchev–Trinajstić information content (AvgIpc) is 2.60. The number of aryl methyl sites for hydroxylation is 1. The predicted molar refractivity (Wildman–Crippen MR) is 97.7 cm³/mol. The summed E-state index contributed by atoms with van der Waals surface area (Å²) in [4.78, 5) is 24.6. The van der Waals surface area contributed by atoms with Crippen LogP contribution >= 0.6 is 0 Å². The zero-order valence-corrected chi connectivity index (χ0v) is 14.1. The van der Waals surface area contributed by atoms with Gasteiger partial charge in [0.05, 0.1) is 0 Å². The summed E-state index contributed by atoms with van der Waals surface area (Å²) in [5, 5.41) is 14.3. The summed E-state index contributed by atoms with van der Waals surface area (Å²) in [7, 11) is 2.11. The molecule has 25 heavy (non-hydrogen) atoms. The Kier molecular flexibility index (Phi) is 4.88. The molecule has 130 valence electrons. The third-order valence-electron chi connectivity index (χ3n) is 4.27. The van der Waals surface area contributed by atoms with Crippen LogP contribution in [0.15, 0.2) is 42.5 Å². The number of nitrogens with zero attached hydrogens (tertiary/aromatic N) is 1. The van der Waals surface area contributed by atoms with Crippen LogP contribution < -0.4 is 15.5 Å². The van der Waals surface area contributed by atoms with Crippen molar-refractivity contribution in [1.82, 2.24) is 5.32 Å². The standard InChI is InChI=1S/C19H21N3O3/c1-22-10-2-3-14-11-16(8-9-17(14)22)21-15-6-4-13(5-7-15)19(25)20-12-18(23)24/h4-9,11,21H,2-3,10,12H2,1H3,(H,20,25)(H,23,24). The Bertz CT molecular complexity index is 787. The molecular formula is C19H21N3O3. The lowest BCUT2D eigenvalue weighted by Gasteiger charge is -2.28. The maximum atomic E-state index is 11.8. The number of rotatable bonds is 5. The van der Waals surface area contributed by atoms with Gasteiger partial charge < -0.3 is 20.6 Å². The van der Waals surface area contributed by atoms with Gasteiger partial charge in [0.1, 0.15) is 6.54 Å². The molecule has 0 saturated carbocycles. The van der Waals surface area contributed by atoms with Crippen LogP contribution in [0.5, 0.6) is 0 Å². The van der Waals surface area contributed by atoms with Crippen molar-refractivity contribution in [3.8, 4) is 0 Å². The van der Waals surface area contributed by atoms with E-state index < -0.39 is 11.9 Å². The largest absolute Gasteiger partial charge is 0.480 e. The fourth-order valence-electron chi connectivity index (χ4n) is 2.99. The Balaban J connectivity index is 1.67. The van der Waals surface area contributed by atoms with Gasteiger partial charge in [0, 0.05) is 36.2 Å². The molecule has 1 aliphatic heterocycles. The van der Waals surface area contributed by atoms with Crippen LogP contribution in [-0.2, 0) is 11.2 Å². The first-order valence-corrected chi connectivity index (χ1v) is 8.24. The molecule has 0 fully saturated rings. The smallest absolute Gasteiger partial charge is 0.322 e. The van der Waals surface area contributed by atoms with E-state index >= 15 is 0 Å². The lowest BCUT2D eigenvalue weighted by molar-refractivity contribution is -0.135. The summed E-state index contributed by atoms with van der Waals surface area (Å²) in [5.74, 6) is -1.46. The first-order valence-electron chi connectivity index (χ1n) is 8.24. The molecule has 3 N–H and O–H groups in total. The van der Waals surface area contributed by atoms with Gasteiger partial charge in [-0.15, -0.1) is 0 Å². The first-order chi connectivity index (χ1) is 12.0. The second-order valence-corrected chi connectivity index (χ2v) is 6.15. The van der Waals surface area contributed by atoms with E-state index in [4.69, 9.17) is 5.11 Å². The van der Waals surface area contributed by atoms with Crippen LogP contribution in [0.2, 0.25) is 0 Å². The number of carbonyl (C=O) groups excluding carboxylic acids is 1. The maximum Gasteiger partial charge on any atom is 0.322 e. The van der Waals surface area contributed by atoms with Gasteiger partial charge in [-0.2, -0.15) is 0 Å². The van der Waals surface area contributed by atoms with Crippen LogP contribution in [0.4, 0.5) is 17.1 Å². The molecule has 6 nitrogen and oxygen atoms in total. The second kappa shape index (κ2) is 7.25. The van der Waals surface area contributed by atoms with Gasteiger partial charge >= 0.3 is 5.97 Å². The predicted octanol–water partition coefficient (Wildman–Crippen LogP) is 2.63. The third-order valence-corrected chi connectivity index (χ3v) is 4.27. The molecule has 2 aromatic rings. The number of anilines is 3. The van der Waals surface area contributed by atoms with Gasteiger partial charge in [-0.05, 0) is 60.9 Å². The van der Waals surface area contributed by atoms with Crippen LogP contribution in [0.1, 0.15) is 22.3 Å². The van der Waals surface area contributed by atoms with Crippen molar-refractivity contribution in [3.05, 3.63) is 53.6 Å². The monoisotopic (exact) mass is 339 g/mol. The third kappa shape index (κ3) is 4.09. The minimum absolute atomic E-state index is 0.387. The fraction of sp³-hybridized carbons (Fsp3) is 0.263. The van der Waals surface area contributed by atoms with E-state index in [1.165, 1.54) is 11.3 Å². The maximum absolute atomic E-state index is 11.8. The molecule has 0 bridgehead atoms. The molecule has 0 saturated heterocycles. The number of fused-ring (bicyclic) bond motifs is 1. The Hall–Kier alpha value is -3.02. The Labute approximate surface area is 146 Å². The molecule has 2 aromatic carbocycles. The van der Waals surface area contributed by atoms with Gasteiger partial charge in [-0.1, -0.05) is 0 Å². The minimum Gasteiger partial charge on any atom is -0.480 e. The summed E-state index contributed by atoms with van der Waals surface area (Å²) in [6, 6.07) is 13.3. The summed E-state index contributed by atoms with van der Waals surface area (Å²) in [6.07, 6.45) is 2.24. The molecule has 0 aliphatic carbocycles. The SMILES string of the molecule is CN1CCCc2cc(Nc3ccc(C(=O)NCC(=O)O)cc3)ccc21. The topological polar surface area (TPSA) is 81.7 Å². The van der Waals surface area contributed by atoms with Crippen LogP contribution in [-0.4, -0.2) is 37.1 Å². The summed E-state index contributed by atoms with van der Waals surface area (Å²) >= 11 is 0. The van der Waals surface area contributed by atoms with E-state index in [1.54, 1.807) is 24.3 Å². The van der Waals surface area contributed by atoms with Gasteiger partial charge in [-0.3, -0.25) is 9.59 Å². The van der Waals surface area contributed by atoms with Crippen molar-refractivity contribution in [1.29, 1.82) is 0 Å². The molecular weight excluding hydrogens is 318 g/mol. The van der Waals surface area contributed by atoms with Crippen molar-refractivity contribution >= 4 is 28.9 Å². The van der Waals surface area contributed by atoms with Crippen LogP contribution in [0.25, 0.3) is 0 Å². The first kappa shape index (κ1) is 16.8. The molecule has 6 heteroatoms. The van der Waals surface area contributed by atoms with Crippen molar-refractivity contribution in [2.45, 2.75) is 12.8 Å². The number of carboxylic acids is 1. The fourth-order valence-corrected chi connectivity index (χ4v) is 2.99. The normalized spacial score (nSPS) is 13.1. The zero-order valence-electron chi connectivity index (χ0n) is 14.1. The van der Waals surface area contributed by atoms with E-state index in [2.05, 4.69) is 34.7 Å². The van der Waals surface area contributed by atoms with E-state index in [-0.39, 0.29) is 6.54 Å². The number of carbonyl (C=O) groups is 2. The molecule has 1 heterocycles. The van der Waals surface area contributed by atoms with Crippen LogP contribution in [0.3, 0.4) is 0 Å². The molecule has 0 radical (unpaired) electrons. The number of benzene rings is 2. The van der Waals surface area contributed by atoms with Crippen molar-refractivity contribution in [2.24, 2.45) is 0 Å². The highest BCUT2D eigenvalue weighted by atomic mass is 16.4. The number of hydrogen-bond donors (Lipinski definition) is 3. The number of carboxylic acid groups (broad SMARTS) is 1. The van der Waals surface area contributed by atoms with Gasteiger partial charge in [-0.25, -0.2) is 0 Å². The van der Waals surface area contributed by atoms with E-state index in [1.807, 2.05) is 6.07 Å². The van der Waals surface area contributed by atoms with Crippen molar-refractivity contribution in [3.63, 3.8) is 0 Å². The highest BCUT2D eigenvalue weighted by Crippen LogP contribution is 2.29. The molecule has 0 aromatic heterocycles. The second-order valence-electron chi connectivity index (χ2n) is 6.15. The minimum atomic E-state index is -1.07. The highest BCUT2D eigenvalue weighted by molar-refractivity contribution is 5.96. The summed E-state index contributed by atoms with van der Waals surface area (Å²) in [5.41, 5.74) is 4.93. The summed E-state index contributed by atoms with van der Waals surface area (Å²) in [6.45, 7) is 0.702. The van der Waals surface area contributed by atoms with E-state index in [9.17, 15) is 9.59 Å². The molecule has 3 rings (SSSR count). The number of nitrogens with one attached hydrogen (secondary N) is 2. The van der Waals surface area contributed by atoms with Gasteiger partial charge in [0.2, 0.25) is 0 Å². The lowest BCUT2D eigenvalue weighted by atomic mass is 10.0. The quantitative estimate of drug-likeness (QED) is 0.780. The van der Waals surface area contributed by atoms with Crippen molar-refractivity contribution in [2.75, 3.05) is 30.4 Å². The number of aliphatic carboxylic acids is 1. The summed E-state index contributed by atoms with van der Waals surface area (Å²) < 4.78 is 0. The van der Waals surface area contributed by atoms with Gasteiger partial charge in [0.15, 0.2) is 0 Å². The molecule has 0 spiro atoms. The Morgan fingerprint density at radius 1 is 1.12 bits per heavy atom. The number of amides is 1. The molecule has 1 amide bonds. The molecule has 0 atom stereocenters. The van der Waals surface area contributed by atoms with E-state index in [0.29, 0.717) is 5.56 Å². The zero-order chi connectivity index (χ0) is 17.8. The van der Waals surface area contributed by atoms with Crippen LogP contribution in [0, 0.1) is 0 Å². The average molecular weight is 339 g/mol. The molecule has 0 unspecified atom stereocenters. The number of hydrogen-bond acceptors (Lipinski definition) is 4. The molecule has 1 aliphatic rings. The highest BCUT2D eigenvalue weighted by Gasteiger charge is 2.13. The van der Waals surface area contributed by atoms with E-state index in [0.717, 1.165) is 30.8 Å². The Morgan fingerprint density at radius 3 is 2.56 bits per heavy atom. The van der Waals surface area contributed by atoms with Crippen molar-refractivity contribution < 1.29 is 14.7 Å². The Morgan fingerprint density at radius 2 is 1.84 bits per heavy atom. The lowest BCUT2D eigenvalue weighted by Crippen LogP contribution is -2.29.